The molecular formula is C18H19O5P. The Balaban J connectivity index is 2.24. The maximum absolute atomic E-state index is 13.0. The van der Waals surface area contributed by atoms with Gasteiger partial charge in [-0.3, -0.25) is 9.32 Å². The zero-order valence-electron chi connectivity index (χ0n) is 13.5. The van der Waals surface area contributed by atoms with E-state index in [0.717, 1.165) is 0 Å². The van der Waals surface area contributed by atoms with Gasteiger partial charge in [0.05, 0.1) is 0 Å². The maximum Gasteiger partial charge on any atom is 0.588 e. The number of phosphoric ester groups is 1. The normalized spacial score (nSPS) is 12.2. The van der Waals surface area contributed by atoms with Crippen LogP contribution in [0.2, 0.25) is 0 Å². The van der Waals surface area contributed by atoms with Crippen LogP contribution in [0.15, 0.2) is 72.8 Å². The van der Waals surface area contributed by atoms with Crippen molar-refractivity contribution in [1.29, 1.82) is 0 Å². The lowest BCUT2D eigenvalue weighted by Gasteiger charge is -2.21. The van der Waals surface area contributed by atoms with Gasteiger partial charge < -0.3 is 9.05 Å². The van der Waals surface area contributed by atoms with Gasteiger partial charge in [-0.15, -0.1) is 0 Å². The van der Waals surface area contributed by atoms with Crippen LogP contribution in [0.5, 0.6) is 11.5 Å². The van der Waals surface area contributed by atoms with Crippen molar-refractivity contribution in [2.24, 2.45) is 0 Å². The van der Waals surface area contributed by atoms with E-state index >= 15 is 0 Å². The van der Waals surface area contributed by atoms with E-state index in [-0.39, 0.29) is 5.78 Å². The van der Waals surface area contributed by atoms with E-state index in [9.17, 15) is 9.36 Å². The Morgan fingerprint density at radius 1 is 0.958 bits per heavy atom. The molecule has 0 spiro atoms. The number of Topliss-reactive ketones (excluding diaryl/α,β-unsaturated/α-hetero) is 1. The molecule has 6 heteroatoms. The Kier molecular flexibility index (Phi) is 5.96. The van der Waals surface area contributed by atoms with Gasteiger partial charge in [-0.05, 0) is 43.7 Å². The average Bonchev–Trinajstić information content (AvgIpc) is 2.55. The van der Waals surface area contributed by atoms with E-state index in [1.807, 2.05) is 0 Å². The summed E-state index contributed by atoms with van der Waals surface area (Å²) in [5, 5.41) is 0. The largest absolute Gasteiger partial charge is 0.588 e. The number of hydrogen-bond acceptors (Lipinski definition) is 5. The highest BCUT2D eigenvalue weighted by atomic mass is 31.2. The quantitative estimate of drug-likeness (QED) is 0.507. The molecular weight excluding hydrogens is 327 g/mol. The molecule has 0 bridgehead atoms. The SMILES string of the molecule is C=C(C)C(=O)C(C)OP(=O)(Oc1ccccc1)Oc1ccccc1. The van der Waals surface area contributed by atoms with Crippen LogP contribution in [0.3, 0.4) is 0 Å². The van der Waals surface area contributed by atoms with Gasteiger partial charge in [0.25, 0.3) is 0 Å². The van der Waals surface area contributed by atoms with E-state index in [2.05, 4.69) is 6.58 Å². The van der Waals surface area contributed by atoms with Crippen molar-refractivity contribution in [2.75, 3.05) is 0 Å². The molecule has 1 atom stereocenters. The third kappa shape index (κ3) is 5.08. The van der Waals surface area contributed by atoms with Gasteiger partial charge >= 0.3 is 7.82 Å². The molecule has 0 heterocycles. The predicted octanol–water partition coefficient (Wildman–Crippen LogP) is 4.80. The summed E-state index contributed by atoms with van der Waals surface area (Å²) in [6.45, 7) is 6.61. The van der Waals surface area contributed by atoms with Crippen molar-refractivity contribution in [3.05, 3.63) is 72.8 Å². The van der Waals surface area contributed by atoms with Crippen LogP contribution in [-0.4, -0.2) is 11.9 Å². The molecule has 126 valence electrons. The highest BCUT2D eigenvalue weighted by Crippen LogP contribution is 2.50. The number of para-hydroxylation sites is 2. The van der Waals surface area contributed by atoms with Crippen LogP contribution in [0, 0.1) is 0 Å². The lowest BCUT2D eigenvalue weighted by Crippen LogP contribution is -2.22. The Morgan fingerprint density at radius 3 is 1.75 bits per heavy atom. The number of ketones is 1. The van der Waals surface area contributed by atoms with Crippen LogP contribution in [0.1, 0.15) is 13.8 Å². The van der Waals surface area contributed by atoms with Crippen LogP contribution < -0.4 is 9.05 Å². The molecule has 5 nitrogen and oxygen atoms in total. The molecule has 1 unspecified atom stereocenters. The first-order chi connectivity index (χ1) is 11.4. The summed E-state index contributed by atoms with van der Waals surface area (Å²) in [7, 11) is -4.07. The summed E-state index contributed by atoms with van der Waals surface area (Å²) in [6.07, 6.45) is -1.01. The van der Waals surface area contributed by atoms with Crippen molar-refractivity contribution in [3.63, 3.8) is 0 Å². The first kappa shape index (κ1) is 18.0. The maximum atomic E-state index is 13.0. The van der Waals surface area contributed by atoms with E-state index in [1.54, 1.807) is 67.6 Å². The van der Waals surface area contributed by atoms with Gasteiger partial charge in [-0.1, -0.05) is 43.0 Å². The molecule has 2 aromatic carbocycles. The van der Waals surface area contributed by atoms with E-state index in [0.29, 0.717) is 17.1 Å². The molecule has 2 rings (SSSR count). The summed E-state index contributed by atoms with van der Waals surface area (Å²) in [5.74, 6) is 0.252. The number of benzene rings is 2. The van der Waals surface area contributed by atoms with Gasteiger partial charge in [0, 0.05) is 0 Å². The van der Waals surface area contributed by atoms with Gasteiger partial charge in [0.1, 0.15) is 17.6 Å². The lowest BCUT2D eigenvalue weighted by molar-refractivity contribution is -0.121. The van der Waals surface area contributed by atoms with Crippen molar-refractivity contribution in [1.82, 2.24) is 0 Å². The van der Waals surface area contributed by atoms with Crippen molar-refractivity contribution in [3.8, 4) is 11.5 Å². The van der Waals surface area contributed by atoms with Gasteiger partial charge in [0.15, 0.2) is 5.78 Å². The second-order valence-corrected chi connectivity index (χ2v) is 6.62. The van der Waals surface area contributed by atoms with Crippen LogP contribution in [0.4, 0.5) is 0 Å². The van der Waals surface area contributed by atoms with E-state index < -0.39 is 13.9 Å². The molecule has 0 aliphatic carbocycles. The number of carbonyl (C=O) groups is 1. The zero-order valence-corrected chi connectivity index (χ0v) is 14.4. The minimum absolute atomic E-state index is 0.300. The summed E-state index contributed by atoms with van der Waals surface area (Å²) in [6, 6.07) is 17.0. The standard InChI is InChI=1S/C18H19O5P/c1-14(2)18(19)15(3)21-24(20,22-16-10-6-4-7-11-16)23-17-12-8-5-9-13-17/h4-13,15H,1H2,2-3H3. The first-order valence-electron chi connectivity index (χ1n) is 7.37. The van der Waals surface area contributed by atoms with Gasteiger partial charge in [-0.25, -0.2) is 4.57 Å². The molecule has 0 aliphatic rings. The van der Waals surface area contributed by atoms with Gasteiger partial charge in [-0.2, -0.15) is 0 Å². The molecule has 2 aromatic rings. The van der Waals surface area contributed by atoms with Crippen LogP contribution >= 0.6 is 7.82 Å². The lowest BCUT2D eigenvalue weighted by atomic mass is 10.1. The molecule has 0 N–H and O–H groups in total. The average molecular weight is 346 g/mol. The minimum Gasteiger partial charge on any atom is -0.395 e. The molecule has 0 radical (unpaired) electrons. The van der Waals surface area contributed by atoms with E-state index in [4.69, 9.17) is 13.6 Å². The second-order valence-electron chi connectivity index (χ2n) is 5.15. The molecule has 24 heavy (non-hydrogen) atoms. The molecule has 0 aromatic heterocycles. The highest BCUT2D eigenvalue weighted by molar-refractivity contribution is 7.49. The highest BCUT2D eigenvalue weighted by Gasteiger charge is 2.35. The fourth-order valence-corrected chi connectivity index (χ4v) is 3.24. The third-order valence-electron chi connectivity index (χ3n) is 3.00. The molecule has 0 saturated heterocycles. The topological polar surface area (TPSA) is 61.8 Å². The first-order valence-corrected chi connectivity index (χ1v) is 8.83. The van der Waals surface area contributed by atoms with Crippen molar-refractivity contribution < 1.29 is 22.9 Å². The fourth-order valence-electron chi connectivity index (χ4n) is 1.87. The number of carbonyl (C=O) groups excluding carboxylic acids is 1. The molecule has 0 aliphatic heterocycles. The molecule has 0 saturated carbocycles. The number of rotatable bonds is 8. The number of phosphoric acid groups is 1. The second kappa shape index (κ2) is 7.95. The molecule has 0 amide bonds. The third-order valence-corrected chi connectivity index (χ3v) is 4.44. The van der Waals surface area contributed by atoms with Crippen molar-refractivity contribution >= 4 is 13.6 Å². The Hall–Kier alpha value is -2.36. The Labute approximate surface area is 141 Å². The zero-order chi connectivity index (χ0) is 17.6. The predicted molar refractivity (Wildman–Crippen MR) is 92.1 cm³/mol. The smallest absolute Gasteiger partial charge is 0.395 e. The summed E-state index contributed by atoms with van der Waals surface area (Å²) < 4.78 is 29.3. The van der Waals surface area contributed by atoms with Gasteiger partial charge in [0.2, 0.25) is 0 Å². The van der Waals surface area contributed by atoms with Crippen molar-refractivity contribution in [2.45, 2.75) is 20.0 Å². The fraction of sp³-hybridized carbons (Fsp3) is 0.167. The summed E-state index contributed by atoms with van der Waals surface area (Å²) >= 11 is 0. The Bertz CT molecular complexity index is 697. The monoisotopic (exact) mass is 346 g/mol. The number of hydrogen-bond donors (Lipinski definition) is 0. The Morgan fingerprint density at radius 2 is 1.38 bits per heavy atom. The minimum atomic E-state index is -4.07. The van der Waals surface area contributed by atoms with E-state index in [1.165, 1.54) is 6.92 Å². The summed E-state index contributed by atoms with van der Waals surface area (Å²) in [4.78, 5) is 12.0. The molecule has 0 fully saturated rings. The summed E-state index contributed by atoms with van der Waals surface area (Å²) in [5.41, 5.74) is 0.300. The van der Waals surface area contributed by atoms with Crippen LogP contribution in [-0.2, 0) is 13.9 Å². The van der Waals surface area contributed by atoms with Crippen LogP contribution in [0.25, 0.3) is 0 Å².